The van der Waals surface area contributed by atoms with Crippen molar-refractivity contribution in [2.75, 3.05) is 44.0 Å². The van der Waals surface area contributed by atoms with E-state index in [1.165, 1.54) is 31.6 Å². The molecule has 2 aromatic carbocycles. The number of fused-ring (bicyclic) bond motifs is 1. The summed E-state index contributed by atoms with van der Waals surface area (Å²) >= 11 is 0. The molecule has 2 N–H and O–H groups in total. The van der Waals surface area contributed by atoms with Crippen LogP contribution in [0.1, 0.15) is 19.8 Å². The van der Waals surface area contributed by atoms with Crippen molar-refractivity contribution in [1.29, 1.82) is 0 Å². The zero-order valence-electron chi connectivity index (χ0n) is 19.9. The molecule has 3 aromatic rings. The number of carbonyl (C=O) groups is 1. The number of benzene rings is 2. The first-order valence-electron chi connectivity index (χ1n) is 11.6. The minimum Gasteiger partial charge on any atom is -0.505 e. The number of phenolic OH excluding ortho intramolecular Hbond substituents is 1. The lowest BCUT2D eigenvalue weighted by Gasteiger charge is -2.42. The Balaban J connectivity index is 1.56. The van der Waals surface area contributed by atoms with Crippen LogP contribution < -0.4 is 15.0 Å². The second kappa shape index (κ2) is 8.84. The Morgan fingerprint density at radius 2 is 2.17 bits per heavy atom. The standard InChI is InChI=1S/C25H28FN5O4/c1-4-15-12-30(2)9-8-25(15)13-31(24(33)35-25)19-10-16-18(11-21(19)34-3)27-14-28-23(16)29-17-6-5-7-20(32)22(17)26/h5-7,10-11,14-15,32H,4,8-9,12-13H2,1-3H3,(H,27,28,29). The van der Waals surface area contributed by atoms with Crippen molar-refractivity contribution in [3.05, 3.63) is 42.5 Å². The third kappa shape index (κ3) is 3.97. The number of halogens is 1. The molecular weight excluding hydrogens is 453 g/mol. The third-order valence-corrected chi connectivity index (χ3v) is 7.08. The van der Waals surface area contributed by atoms with Crippen LogP contribution in [0.2, 0.25) is 0 Å². The number of nitrogens with zero attached hydrogens (tertiary/aromatic N) is 4. The maximum Gasteiger partial charge on any atom is 0.415 e. The van der Waals surface area contributed by atoms with E-state index in [4.69, 9.17) is 9.47 Å². The summed E-state index contributed by atoms with van der Waals surface area (Å²) in [5.74, 6) is -0.233. The van der Waals surface area contributed by atoms with E-state index in [9.17, 15) is 14.3 Å². The maximum absolute atomic E-state index is 14.4. The lowest BCUT2D eigenvalue weighted by atomic mass is 9.79. The second-order valence-corrected chi connectivity index (χ2v) is 9.16. The summed E-state index contributed by atoms with van der Waals surface area (Å²) in [6.45, 7) is 4.25. The Kier molecular flexibility index (Phi) is 5.84. The van der Waals surface area contributed by atoms with Gasteiger partial charge < -0.3 is 24.8 Å². The number of aromatic hydroxyl groups is 1. The predicted molar refractivity (Wildman–Crippen MR) is 130 cm³/mol. The summed E-state index contributed by atoms with van der Waals surface area (Å²) in [5.41, 5.74) is 0.595. The van der Waals surface area contributed by atoms with Crippen LogP contribution in [0.5, 0.6) is 11.5 Å². The van der Waals surface area contributed by atoms with Crippen molar-refractivity contribution in [1.82, 2.24) is 14.9 Å². The number of phenols is 1. The molecule has 2 unspecified atom stereocenters. The lowest BCUT2D eigenvalue weighted by Crippen LogP contribution is -2.53. The van der Waals surface area contributed by atoms with Gasteiger partial charge in [0.15, 0.2) is 11.6 Å². The van der Waals surface area contributed by atoms with Crippen molar-refractivity contribution in [3.8, 4) is 11.5 Å². The third-order valence-electron chi connectivity index (χ3n) is 7.08. The summed E-state index contributed by atoms with van der Waals surface area (Å²) in [5, 5.41) is 13.2. The molecule has 3 heterocycles. The maximum atomic E-state index is 14.4. The van der Waals surface area contributed by atoms with E-state index in [0.717, 1.165) is 25.9 Å². The number of amides is 1. The molecule has 0 bridgehead atoms. The molecule has 5 rings (SSSR count). The van der Waals surface area contributed by atoms with Crippen molar-refractivity contribution in [2.24, 2.45) is 5.92 Å². The van der Waals surface area contributed by atoms with Gasteiger partial charge in [0, 0.05) is 36.9 Å². The fourth-order valence-electron chi connectivity index (χ4n) is 5.13. The molecule has 35 heavy (non-hydrogen) atoms. The van der Waals surface area contributed by atoms with Gasteiger partial charge in [-0.2, -0.15) is 0 Å². The van der Waals surface area contributed by atoms with Gasteiger partial charge in [-0.3, -0.25) is 4.90 Å². The minimum atomic E-state index is -0.786. The Morgan fingerprint density at radius 3 is 2.94 bits per heavy atom. The summed E-state index contributed by atoms with van der Waals surface area (Å²) in [6.07, 6.45) is 2.59. The molecule has 1 aromatic heterocycles. The Labute approximate surface area is 202 Å². The van der Waals surface area contributed by atoms with Gasteiger partial charge in [0.1, 0.15) is 23.5 Å². The van der Waals surface area contributed by atoms with Crippen LogP contribution >= 0.6 is 0 Å². The van der Waals surface area contributed by atoms with Crippen molar-refractivity contribution < 1.29 is 23.8 Å². The van der Waals surface area contributed by atoms with Crippen LogP contribution in [0.4, 0.5) is 26.4 Å². The van der Waals surface area contributed by atoms with Crippen LogP contribution in [0.3, 0.4) is 0 Å². The Bertz CT molecular complexity index is 1290. The molecule has 2 aliphatic heterocycles. The highest BCUT2D eigenvalue weighted by molar-refractivity contribution is 6.00. The largest absolute Gasteiger partial charge is 0.505 e. The molecule has 0 saturated carbocycles. The first-order valence-corrected chi connectivity index (χ1v) is 11.6. The highest BCUT2D eigenvalue weighted by atomic mass is 19.1. The number of rotatable bonds is 5. The Morgan fingerprint density at radius 1 is 1.34 bits per heavy atom. The van der Waals surface area contributed by atoms with Crippen molar-refractivity contribution in [3.63, 3.8) is 0 Å². The lowest BCUT2D eigenvalue weighted by molar-refractivity contribution is -0.0437. The quantitative estimate of drug-likeness (QED) is 0.557. The number of piperidine rings is 1. The number of hydrogen-bond donors (Lipinski definition) is 2. The topological polar surface area (TPSA) is 100 Å². The van der Waals surface area contributed by atoms with E-state index in [1.807, 2.05) is 0 Å². The zero-order valence-corrected chi connectivity index (χ0v) is 19.9. The van der Waals surface area contributed by atoms with Crippen molar-refractivity contribution in [2.45, 2.75) is 25.4 Å². The number of anilines is 3. The van der Waals surface area contributed by atoms with Gasteiger partial charge in [-0.1, -0.05) is 13.0 Å². The molecule has 184 valence electrons. The zero-order chi connectivity index (χ0) is 24.7. The first-order chi connectivity index (χ1) is 16.8. The van der Waals surface area contributed by atoms with Crippen LogP contribution in [0.25, 0.3) is 10.9 Å². The summed E-state index contributed by atoms with van der Waals surface area (Å²) in [6, 6.07) is 7.78. The van der Waals surface area contributed by atoms with Gasteiger partial charge in [-0.25, -0.2) is 19.2 Å². The fraction of sp³-hybridized carbons (Fsp3) is 0.400. The molecule has 2 fully saturated rings. The van der Waals surface area contributed by atoms with Crippen LogP contribution in [-0.2, 0) is 4.74 Å². The highest BCUT2D eigenvalue weighted by Crippen LogP contribution is 2.44. The van der Waals surface area contributed by atoms with Gasteiger partial charge in [0.05, 0.1) is 30.5 Å². The number of aromatic nitrogens is 2. The van der Waals surface area contributed by atoms with E-state index >= 15 is 0 Å². The molecule has 2 atom stereocenters. The number of carbonyl (C=O) groups excluding carboxylic acids is 1. The van der Waals surface area contributed by atoms with E-state index < -0.39 is 23.3 Å². The van der Waals surface area contributed by atoms with Gasteiger partial charge in [-0.05, 0) is 31.7 Å². The summed E-state index contributed by atoms with van der Waals surface area (Å²) in [4.78, 5) is 25.6. The van der Waals surface area contributed by atoms with Gasteiger partial charge in [0.25, 0.3) is 0 Å². The number of likely N-dealkylation sites (tertiary alicyclic amines) is 1. The average molecular weight is 482 g/mol. The van der Waals surface area contributed by atoms with E-state index in [-0.39, 0.29) is 11.6 Å². The molecular formula is C25H28FN5O4. The first kappa shape index (κ1) is 23.1. The summed E-state index contributed by atoms with van der Waals surface area (Å²) < 4.78 is 26.1. The average Bonchev–Trinajstić information content (AvgIpc) is 3.19. The van der Waals surface area contributed by atoms with Crippen LogP contribution in [0.15, 0.2) is 36.7 Å². The fourth-order valence-corrected chi connectivity index (χ4v) is 5.13. The van der Waals surface area contributed by atoms with E-state index in [2.05, 4.69) is 34.2 Å². The molecule has 1 amide bonds. The predicted octanol–water partition coefficient (Wildman–Crippen LogP) is 4.28. The SMILES string of the molecule is CCC1CN(C)CCC12CN(c1cc3c(Nc4cccc(O)c4F)ncnc3cc1OC)C(=O)O2. The molecule has 9 nitrogen and oxygen atoms in total. The Hall–Kier alpha value is -3.66. The van der Waals surface area contributed by atoms with Gasteiger partial charge in [0.2, 0.25) is 0 Å². The minimum absolute atomic E-state index is 0.0685. The second-order valence-electron chi connectivity index (χ2n) is 9.16. The summed E-state index contributed by atoms with van der Waals surface area (Å²) in [7, 11) is 3.62. The van der Waals surface area contributed by atoms with Gasteiger partial charge in [-0.15, -0.1) is 0 Å². The number of methoxy groups -OCH3 is 1. The molecule has 2 saturated heterocycles. The smallest absolute Gasteiger partial charge is 0.415 e. The highest BCUT2D eigenvalue weighted by Gasteiger charge is 2.52. The van der Waals surface area contributed by atoms with Crippen molar-refractivity contribution >= 4 is 34.2 Å². The monoisotopic (exact) mass is 481 g/mol. The molecule has 10 heteroatoms. The molecule has 0 aliphatic carbocycles. The van der Waals surface area contributed by atoms with Crippen LogP contribution in [0, 0.1) is 11.7 Å². The normalized spacial score (nSPS) is 22.6. The van der Waals surface area contributed by atoms with Gasteiger partial charge >= 0.3 is 6.09 Å². The number of nitrogens with one attached hydrogen (secondary N) is 1. The molecule has 2 aliphatic rings. The molecule has 0 radical (unpaired) electrons. The number of ether oxygens (including phenoxy) is 2. The van der Waals surface area contributed by atoms with Crippen LogP contribution in [-0.4, -0.2) is 65.5 Å². The molecule has 1 spiro atoms. The van der Waals surface area contributed by atoms with E-state index in [1.54, 1.807) is 17.0 Å². The van der Waals surface area contributed by atoms with E-state index in [0.29, 0.717) is 34.7 Å². The number of hydrogen-bond acceptors (Lipinski definition) is 8.